The lowest BCUT2D eigenvalue weighted by molar-refractivity contribution is 0.261. The normalized spacial score (nSPS) is 10.7. The van der Waals surface area contributed by atoms with Gasteiger partial charge in [-0.05, 0) is 66.4 Å². The zero-order valence-electron chi connectivity index (χ0n) is 12.3. The van der Waals surface area contributed by atoms with Crippen LogP contribution < -0.4 is 10.1 Å². The third-order valence-electron chi connectivity index (χ3n) is 2.92. The van der Waals surface area contributed by atoms with Crippen LogP contribution in [0.15, 0.2) is 47.1 Å². The Labute approximate surface area is 134 Å². The number of nitrogens with zero attached hydrogens (tertiary/aromatic N) is 2. The molecule has 0 bridgehead atoms. The maximum Gasteiger partial charge on any atom is 0.119 e. The van der Waals surface area contributed by atoms with Gasteiger partial charge in [-0.2, -0.15) is 0 Å². The first-order valence-corrected chi connectivity index (χ1v) is 7.65. The SMILES string of the molecule is CN(C)CCOc1ccc(NCc2ccc(Br)cn2)cc1. The molecule has 1 aromatic carbocycles. The molecule has 0 radical (unpaired) electrons. The molecule has 21 heavy (non-hydrogen) atoms. The van der Waals surface area contributed by atoms with Gasteiger partial charge in [-0.3, -0.25) is 4.98 Å². The van der Waals surface area contributed by atoms with Crippen LogP contribution in [0.1, 0.15) is 5.69 Å². The molecule has 0 atom stereocenters. The molecular formula is C16H20BrN3O. The molecule has 2 aromatic rings. The number of likely N-dealkylation sites (N-methyl/N-ethyl adjacent to an activating group) is 1. The quantitative estimate of drug-likeness (QED) is 0.831. The Hall–Kier alpha value is -1.59. The number of hydrogen-bond donors (Lipinski definition) is 1. The Balaban J connectivity index is 1.80. The summed E-state index contributed by atoms with van der Waals surface area (Å²) in [5, 5.41) is 3.34. The van der Waals surface area contributed by atoms with E-state index >= 15 is 0 Å². The minimum absolute atomic E-state index is 0.697. The highest BCUT2D eigenvalue weighted by atomic mass is 79.9. The molecule has 4 nitrogen and oxygen atoms in total. The van der Waals surface area contributed by atoms with E-state index in [4.69, 9.17) is 4.74 Å². The van der Waals surface area contributed by atoms with Crippen LogP contribution in [0.25, 0.3) is 0 Å². The summed E-state index contributed by atoms with van der Waals surface area (Å²) in [6.45, 7) is 2.31. The van der Waals surface area contributed by atoms with Crippen molar-refractivity contribution in [1.82, 2.24) is 9.88 Å². The lowest BCUT2D eigenvalue weighted by Crippen LogP contribution is -2.19. The molecule has 1 aromatic heterocycles. The molecule has 0 amide bonds. The van der Waals surface area contributed by atoms with Crippen molar-refractivity contribution < 1.29 is 4.74 Å². The lowest BCUT2D eigenvalue weighted by atomic mass is 10.3. The first-order chi connectivity index (χ1) is 10.1. The topological polar surface area (TPSA) is 37.4 Å². The van der Waals surface area contributed by atoms with Gasteiger partial charge >= 0.3 is 0 Å². The van der Waals surface area contributed by atoms with Gasteiger partial charge < -0.3 is 15.0 Å². The molecule has 0 saturated carbocycles. The fraction of sp³-hybridized carbons (Fsp3) is 0.312. The third kappa shape index (κ3) is 5.73. The molecule has 2 rings (SSSR count). The van der Waals surface area contributed by atoms with E-state index in [0.29, 0.717) is 13.2 Å². The van der Waals surface area contributed by atoms with Crippen LogP contribution in [-0.4, -0.2) is 37.1 Å². The van der Waals surface area contributed by atoms with Gasteiger partial charge in [0, 0.05) is 22.9 Å². The van der Waals surface area contributed by atoms with E-state index in [1.54, 1.807) is 6.20 Å². The summed E-state index contributed by atoms with van der Waals surface area (Å²) in [6, 6.07) is 12.0. The number of ether oxygens (including phenoxy) is 1. The van der Waals surface area contributed by atoms with Gasteiger partial charge in [0.25, 0.3) is 0 Å². The Morgan fingerprint density at radius 2 is 1.90 bits per heavy atom. The molecule has 5 heteroatoms. The number of pyridine rings is 1. The number of benzene rings is 1. The van der Waals surface area contributed by atoms with Crippen LogP contribution in [0.5, 0.6) is 5.75 Å². The van der Waals surface area contributed by atoms with Crippen molar-refractivity contribution in [3.8, 4) is 5.75 Å². The van der Waals surface area contributed by atoms with Gasteiger partial charge in [-0.15, -0.1) is 0 Å². The number of nitrogens with one attached hydrogen (secondary N) is 1. The highest BCUT2D eigenvalue weighted by Crippen LogP contribution is 2.16. The summed E-state index contributed by atoms with van der Waals surface area (Å²) in [4.78, 5) is 6.43. The summed E-state index contributed by atoms with van der Waals surface area (Å²) >= 11 is 3.38. The molecule has 1 N–H and O–H groups in total. The van der Waals surface area contributed by atoms with Crippen LogP contribution in [0.2, 0.25) is 0 Å². The van der Waals surface area contributed by atoms with Crippen molar-refractivity contribution in [1.29, 1.82) is 0 Å². The fourth-order valence-electron chi connectivity index (χ4n) is 1.72. The van der Waals surface area contributed by atoms with Crippen molar-refractivity contribution in [2.45, 2.75) is 6.54 Å². The van der Waals surface area contributed by atoms with Gasteiger partial charge in [0.15, 0.2) is 0 Å². The van der Waals surface area contributed by atoms with Crippen molar-refractivity contribution in [2.24, 2.45) is 0 Å². The third-order valence-corrected chi connectivity index (χ3v) is 3.39. The summed E-state index contributed by atoms with van der Waals surface area (Å²) in [6.07, 6.45) is 1.80. The predicted molar refractivity (Wildman–Crippen MR) is 89.8 cm³/mol. The maximum absolute atomic E-state index is 5.66. The minimum Gasteiger partial charge on any atom is -0.492 e. The summed E-state index contributed by atoms with van der Waals surface area (Å²) in [7, 11) is 4.07. The summed E-state index contributed by atoms with van der Waals surface area (Å²) < 4.78 is 6.65. The first-order valence-electron chi connectivity index (χ1n) is 6.85. The van der Waals surface area contributed by atoms with Crippen molar-refractivity contribution in [3.63, 3.8) is 0 Å². The number of rotatable bonds is 7. The maximum atomic E-state index is 5.66. The van der Waals surface area contributed by atoms with E-state index in [1.807, 2.05) is 50.5 Å². The van der Waals surface area contributed by atoms with Crippen LogP contribution in [0, 0.1) is 0 Å². The Morgan fingerprint density at radius 3 is 2.52 bits per heavy atom. The first kappa shape index (κ1) is 15.8. The summed E-state index contributed by atoms with van der Waals surface area (Å²) in [5.74, 6) is 0.893. The molecule has 112 valence electrons. The molecule has 0 aliphatic carbocycles. The average molecular weight is 350 g/mol. The van der Waals surface area contributed by atoms with Crippen LogP contribution in [0.3, 0.4) is 0 Å². The van der Waals surface area contributed by atoms with Crippen LogP contribution in [0.4, 0.5) is 5.69 Å². The largest absolute Gasteiger partial charge is 0.492 e. The number of aromatic nitrogens is 1. The molecular weight excluding hydrogens is 330 g/mol. The molecule has 1 heterocycles. The van der Waals surface area contributed by atoms with Gasteiger partial charge in [0.05, 0.1) is 12.2 Å². The zero-order chi connectivity index (χ0) is 15.1. The molecule has 0 unspecified atom stereocenters. The summed E-state index contributed by atoms with van der Waals surface area (Å²) in [5.41, 5.74) is 2.06. The van der Waals surface area contributed by atoms with E-state index in [0.717, 1.165) is 28.1 Å². The van der Waals surface area contributed by atoms with Gasteiger partial charge in [0.1, 0.15) is 12.4 Å². The van der Waals surface area contributed by atoms with E-state index < -0.39 is 0 Å². The number of halogens is 1. The Kier molecular flexibility index (Phi) is 6.02. The van der Waals surface area contributed by atoms with Crippen LogP contribution >= 0.6 is 15.9 Å². The number of anilines is 1. The van der Waals surface area contributed by atoms with Crippen molar-refractivity contribution in [2.75, 3.05) is 32.6 Å². The highest BCUT2D eigenvalue weighted by Gasteiger charge is 1.98. The van der Waals surface area contributed by atoms with Crippen LogP contribution in [-0.2, 0) is 6.54 Å². The molecule has 0 aliphatic rings. The fourth-order valence-corrected chi connectivity index (χ4v) is 1.95. The average Bonchev–Trinajstić information content (AvgIpc) is 2.48. The second-order valence-corrected chi connectivity index (χ2v) is 5.91. The highest BCUT2D eigenvalue weighted by molar-refractivity contribution is 9.10. The Bertz CT molecular complexity index is 540. The monoisotopic (exact) mass is 349 g/mol. The minimum atomic E-state index is 0.697. The Morgan fingerprint density at radius 1 is 1.14 bits per heavy atom. The second kappa shape index (κ2) is 8.00. The van der Waals surface area contributed by atoms with Gasteiger partial charge in [0.2, 0.25) is 0 Å². The standard InChI is InChI=1S/C16H20BrN3O/c1-20(2)9-10-21-16-7-5-14(6-8-16)19-12-15-4-3-13(17)11-18-15/h3-8,11,19H,9-10,12H2,1-2H3. The van der Waals surface area contributed by atoms with E-state index in [2.05, 4.69) is 31.1 Å². The van der Waals surface area contributed by atoms with E-state index in [1.165, 1.54) is 0 Å². The van der Waals surface area contributed by atoms with E-state index in [-0.39, 0.29) is 0 Å². The zero-order valence-corrected chi connectivity index (χ0v) is 13.9. The lowest BCUT2D eigenvalue weighted by Gasteiger charge is -2.11. The smallest absolute Gasteiger partial charge is 0.119 e. The molecule has 0 spiro atoms. The van der Waals surface area contributed by atoms with E-state index in [9.17, 15) is 0 Å². The number of hydrogen-bond acceptors (Lipinski definition) is 4. The predicted octanol–water partition coefficient (Wildman–Crippen LogP) is 3.40. The molecule has 0 fully saturated rings. The van der Waals surface area contributed by atoms with Gasteiger partial charge in [-0.25, -0.2) is 0 Å². The van der Waals surface area contributed by atoms with Gasteiger partial charge in [-0.1, -0.05) is 0 Å². The molecule has 0 saturated heterocycles. The van der Waals surface area contributed by atoms with Crippen molar-refractivity contribution in [3.05, 3.63) is 52.8 Å². The second-order valence-electron chi connectivity index (χ2n) is 5.00. The van der Waals surface area contributed by atoms with Crippen molar-refractivity contribution >= 4 is 21.6 Å². The molecule has 0 aliphatic heterocycles.